The Morgan fingerprint density at radius 1 is 0.960 bits per heavy atom. The van der Waals surface area contributed by atoms with E-state index in [1.165, 1.54) is 7.11 Å². The van der Waals surface area contributed by atoms with Gasteiger partial charge in [0.05, 0.1) is 42.0 Å². The molecule has 0 aromatic carbocycles. The van der Waals surface area contributed by atoms with Crippen LogP contribution >= 0.6 is 0 Å². The van der Waals surface area contributed by atoms with Crippen LogP contribution in [0, 0.1) is 40.9 Å². The van der Waals surface area contributed by atoms with Crippen LogP contribution in [0.1, 0.15) is 132 Å². The summed E-state index contributed by atoms with van der Waals surface area (Å²) < 4.78 is 11.8. The van der Waals surface area contributed by atoms with Crippen LogP contribution in [-0.4, -0.2) is 75.3 Å². The maximum atomic E-state index is 14.9. The van der Waals surface area contributed by atoms with E-state index in [2.05, 4.69) is 0 Å². The number of allylic oxidation sites excluding steroid dienone is 3. The van der Waals surface area contributed by atoms with Gasteiger partial charge in [-0.15, -0.1) is 0 Å². The summed E-state index contributed by atoms with van der Waals surface area (Å²) >= 11 is 0. The molecule has 0 aromatic heterocycles. The predicted molar refractivity (Wildman–Crippen MR) is 191 cm³/mol. The number of Topliss-reactive ketones (excluding diaryl/α,β-unsaturated/α-hetero) is 3. The van der Waals surface area contributed by atoms with Crippen LogP contribution in [0.25, 0.3) is 0 Å². The van der Waals surface area contributed by atoms with Gasteiger partial charge < -0.3 is 24.8 Å². The summed E-state index contributed by atoms with van der Waals surface area (Å²) in [5, 5.41) is 35.2. The summed E-state index contributed by atoms with van der Waals surface area (Å²) in [5.74, 6) is -3.80. The van der Waals surface area contributed by atoms with Crippen molar-refractivity contribution in [3.63, 3.8) is 0 Å². The van der Waals surface area contributed by atoms with Crippen molar-refractivity contribution >= 4 is 23.3 Å². The third-order valence-electron chi connectivity index (χ3n) is 12.8. The molecule has 282 valence electrons. The number of carbonyl (C=O) groups excluding carboxylic acids is 4. The lowest BCUT2D eigenvalue weighted by Crippen LogP contribution is -2.53. The number of ether oxygens (including phenoxy) is 2. The summed E-state index contributed by atoms with van der Waals surface area (Å²) in [6.07, 6.45) is 3.46. The molecule has 3 N–H and O–H groups in total. The highest BCUT2D eigenvalue weighted by atomic mass is 16.5. The maximum absolute atomic E-state index is 14.9. The Bertz CT molecular complexity index is 1360. The van der Waals surface area contributed by atoms with Crippen LogP contribution in [0.4, 0.5) is 0 Å². The summed E-state index contributed by atoms with van der Waals surface area (Å²) in [7, 11) is 1.28. The van der Waals surface area contributed by atoms with Gasteiger partial charge in [-0.1, -0.05) is 57.8 Å². The monoisotopic (exact) mass is 700 g/mol. The molecule has 9 nitrogen and oxygen atoms in total. The lowest BCUT2D eigenvalue weighted by molar-refractivity contribution is -0.167. The Hall–Kier alpha value is -2.20. The van der Waals surface area contributed by atoms with Crippen LogP contribution in [0.2, 0.25) is 0 Å². The molecule has 0 spiro atoms. The molecule has 0 unspecified atom stereocenters. The van der Waals surface area contributed by atoms with Gasteiger partial charge in [-0.2, -0.15) is 0 Å². The van der Waals surface area contributed by atoms with Crippen molar-refractivity contribution in [2.75, 3.05) is 7.11 Å². The molecule has 2 fully saturated rings. The highest BCUT2D eigenvalue weighted by molar-refractivity contribution is 5.96. The van der Waals surface area contributed by atoms with E-state index in [0.717, 1.165) is 18.4 Å². The molecule has 0 aromatic rings. The van der Waals surface area contributed by atoms with Crippen LogP contribution in [0.15, 0.2) is 22.8 Å². The van der Waals surface area contributed by atoms with Gasteiger partial charge in [0, 0.05) is 49.4 Å². The Labute approximate surface area is 299 Å². The summed E-state index contributed by atoms with van der Waals surface area (Å²) in [4.78, 5) is 57.1. The van der Waals surface area contributed by atoms with E-state index in [-0.39, 0.29) is 67.2 Å². The van der Waals surface area contributed by atoms with E-state index >= 15 is 0 Å². The number of hydrogen-bond acceptors (Lipinski definition) is 9. The molecule has 9 heteroatoms. The first-order valence-electron chi connectivity index (χ1n) is 19.1. The van der Waals surface area contributed by atoms with Crippen molar-refractivity contribution in [2.24, 2.45) is 40.9 Å². The first-order chi connectivity index (χ1) is 23.3. The molecule has 4 rings (SSSR count). The summed E-state index contributed by atoms with van der Waals surface area (Å²) in [6, 6.07) is 0. The molecular weight excluding hydrogens is 636 g/mol. The third-order valence-corrected chi connectivity index (χ3v) is 12.8. The quantitative estimate of drug-likeness (QED) is 0.225. The highest BCUT2D eigenvalue weighted by Crippen LogP contribution is 2.55. The van der Waals surface area contributed by atoms with Gasteiger partial charge in [0.1, 0.15) is 17.3 Å². The molecule has 0 radical (unpaired) electrons. The van der Waals surface area contributed by atoms with Crippen LogP contribution in [-0.2, 0) is 28.7 Å². The molecule has 4 aliphatic rings. The highest BCUT2D eigenvalue weighted by Gasteiger charge is 2.59. The van der Waals surface area contributed by atoms with Crippen molar-refractivity contribution in [3.05, 3.63) is 22.8 Å². The average Bonchev–Trinajstić information content (AvgIpc) is 3.44. The molecule has 0 amide bonds. The second-order valence-electron chi connectivity index (χ2n) is 17.4. The minimum atomic E-state index is -1.56. The van der Waals surface area contributed by atoms with E-state index < -0.39 is 58.7 Å². The number of fused-ring (bicyclic) bond motifs is 5. The van der Waals surface area contributed by atoms with Gasteiger partial charge in [-0.3, -0.25) is 19.2 Å². The van der Waals surface area contributed by atoms with Crippen LogP contribution in [0.3, 0.4) is 0 Å². The van der Waals surface area contributed by atoms with Gasteiger partial charge in [0.15, 0.2) is 0 Å². The fourth-order valence-corrected chi connectivity index (χ4v) is 9.66. The average molecular weight is 701 g/mol. The Morgan fingerprint density at radius 2 is 1.64 bits per heavy atom. The fraction of sp³-hybridized carbons (Fsp3) is 0.805. The zero-order valence-electron chi connectivity index (χ0n) is 32.0. The van der Waals surface area contributed by atoms with Crippen molar-refractivity contribution in [2.45, 2.75) is 162 Å². The number of rotatable bonds is 2. The SMILES string of the molecule is COC(=O)[C@]12CC(=O)[C@H](C(C)C)CC(=O)[C@H](C)CCC[C@H](C)CC(=O)[C@H]1[C@H]1/C=C(\C)CC[C@H](O)[C@]3(C)CC[C@@H](O3)[C@@](C)(O)C[C@@H](O)C1=C(C)C2. The number of esters is 1. The fourth-order valence-electron chi connectivity index (χ4n) is 9.66. The van der Waals surface area contributed by atoms with Crippen molar-refractivity contribution in [3.8, 4) is 0 Å². The smallest absolute Gasteiger partial charge is 0.313 e. The Kier molecular flexibility index (Phi) is 12.8. The molecule has 1 saturated heterocycles. The number of ketones is 3. The van der Waals surface area contributed by atoms with Crippen LogP contribution < -0.4 is 0 Å². The molecular formula is C41H64O9. The van der Waals surface area contributed by atoms with Crippen LogP contribution in [0.5, 0.6) is 0 Å². The third kappa shape index (κ3) is 8.37. The zero-order chi connectivity index (χ0) is 37.3. The first-order valence-corrected chi connectivity index (χ1v) is 19.1. The minimum Gasteiger partial charge on any atom is -0.469 e. The topological polar surface area (TPSA) is 147 Å². The second kappa shape index (κ2) is 15.8. The predicted octanol–water partition coefficient (Wildman–Crippen LogP) is 6.25. The molecule has 2 bridgehead atoms. The summed E-state index contributed by atoms with van der Waals surface area (Å²) in [5.41, 5.74) is -1.73. The normalized spacial score (nSPS) is 42.7. The second-order valence-corrected chi connectivity index (χ2v) is 17.4. The number of hydrogen-bond donors (Lipinski definition) is 3. The molecule has 50 heavy (non-hydrogen) atoms. The van der Waals surface area contributed by atoms with E-state index in [9.17, 15) is 34.5 Å². The van der Waals surface area contributed by atoms with Crippen molar-refractivity contribution < 1.29 is 44.0 Å². The lowest BCUT2D eigenvalue weighted by atomic mass is 9.54. The van der Waals surface area contributed by atoms with Gasteiger partial charge >= 0.3 is 5.97 Å². The van der Waals surface area contributed by atoms with E-state index in [1.807, 2.05) is 54.5 Å². The molecule has 2 aliphatic heterocycles. The van der Waals surface area contributed by atoms with E-state index in [4.69, 9.17) is 9.47 Å². The Morgan fingerprint density at radius 3 is 2.28 bits per heavy atom. The number of methoxy groups -OCH3 is 1. The number of aliphatic hydroxyl groups excluding tert-OH is 2. The Balaban J connectivity index is 1.95. The van der Waals surface area contributed by atoms with E-state index in [1.54, 1.807) is 6.92 Å². The minimum absolute atomic E-state index is 0.0278. The summed E-state index contributed by atoms with van der Waals surface area (Å²) in [6.45, 7) is 15.0. The lowest BCUT2D eigenvalue weighted by Gasteiger charge is -2.48. The van der Waals surface area contributed by atoms with Crippen molar-refractivity contribution in [1.82, 2.24) is 0 Å². The maximum Gasteiger partial charge on any atom is 0.313 e. The molecule has 1 saturated carbocycles. The zero-order valence-corrected chi connectivity index (χ0v) is 32.0. The molecule has 11 atom stereocenters. The molecule has 2 aliphatic carbocycles. The van der Waals surface area contributed by atoms with Gasteiger partial charge in [0.2, 0.25) is 0 Å². The van der Waals surface area contributed by atoms with E-state index in [0.29, 0.717) is 43.3 Å². The van der Waals surface area contributed by atoms with Crippen molar-refractivity contribution in [1.29, 1.82) is 0 Å². The first kappa shape index (κ1) is 40.6. The molecule has 2 heterocycles. The number of aliphatic hydroxyl groups is 3. The standard InChI is InChI=1S/C41H64O9/c1-23(2)28-19-30(42)26(5)12-10-11-24(3)18-31(43)37-29-17-25(4)13-14-34(46)40(8)16-15-35(50-40)39(7,48)21-33(45)36(29)27(6)20-41(37,22-32(28)44)38(47)49-9/h17,23-24,26,28-29,33-35,37,45-46,48H,10-16,18-22H2,1-9H3/b25-17+/t24-,26+,28-,29-,33+,34-,35+,37+,39-,40-,41+/m0/s1. The number of carbonyl (C=O) groups is 4. The van der Waals surface area contributed by atoms with Gasteiger partial charge in [-0.25, -0.2) is 0 Å². The van der Waals surface area contributed by atoms with Gasteiger partial charge in [-0.05, 0) is 83.6 Å². The largest absolute Gasteiger partial charge is 0.469 e. The van der Waals surface area contributed by atoms with Gasteiger partial charge in [0.25, 0.3) is 0 Å².